The molecular formula is C14H11Cl2N5O. The lowest BCUT2D eigenvalue weighted by atomic mass is 10.2. The Morgan fingerprint density at radius 2 is 1.91 bits per heavy atom. The molecule has 0 spiro atoms. The summed E-state index contributed by atoms with van der Waals surface area (Å²) in [6.45, 7) is 0.506. The van der Waals surface area contributed by atoms with Crippen molar-refractivity contribution < 1.29 is 4.52 Å². The average Bonchev–Trinajstić information content (AvgIpc) is 2.97. The summed E-state index contributed by atoms with van der Waals surface area (Å²) in [5.74, 6) is 0.422. The van der Waals surface area contributed by atoms with Crippen LogP contribution in [0.5, 0.6) is 0 Å². The summed E-state index contributed by atoms with van der Waals surface area (Å²) in [5.41, 5.74) is 1.50. The first kappa shape index (κ1) is 14.7. The molecule has 0 aliphatic carbocycles. The third kappa shape index (κ3) is 3.35. The minimum Gasteiger partial charge on any atom is -0.322 e. The van der Waals surface area contributed by atoms with Gasteiger partial charge >= 0.3 is 6.01 Å². The van der Waals surface area contributed by atoms with E-state index in [0.717, 1.165) is 5.69 Å². The SMILES string of the molecule is CN(Cc1cnccn1)c1nc(-c2cc(Cl)cc(Cl)c2)no1. The van der Waals surface area contributed by atoms with E-state index in [2.05, 4.69) is 20.1 Å². The summed E-state index contributed by atoms with van der Waals surface area (Å²) in [7, 11) is 1.83. The fraction of sp³-hybridized carbons (Fsp3) is 0.143. The van der Waals surface area contributed by atoms with Crippen molar-refractivity contribution in [1.82, 2.24) is 20.1 Å². The van der Waals surface area contributed by atoms with E-state index in [1.54, 1.807) is 41.7 Å². The number of rotatable bonds is 4. The number of hydrogen-bond donors (Lipinski definition) is 0. The quantitative estimate of drug-likeness (QED) is 0.727. The summed E-state index contributed by atoms with van der Waals surface area (Å²) in [6, 6.07) is 5.47. The van der Waals surface area contributed by atoms with Gasteiger partial charge in [-0.1, -0.05) is 28.4 Å². The number of aromatic nitrogens is 4. The third-order valence-corrected chi connectivity index (χ3v) is 3.31. The van der Waals surface area contributed by atoms with Crippen LogP contribution in [0.3, 0.4) is 0 Å². The number of hydrogen-bond acceptors (Lipinski definition) is 6. The molecule has 0 aliphatic heterocycles. The molecule has 0 radical (unpaired) electrons. The maximum atomic E-state index is 5.98. The highest BCUT2D eigenvalue weighted by Crippen LogP contribution is 2.26. The van der Waals surface area contributed by atoms with Crippen molar-refractivity contribution in [1.29, 1.82) is 0 Å². The molecule has 0 amide bonds. The second-order valence-electron chi connectivity index (χ2n) is 4.61. The molecule has 3 aromatic rings. The minimum atomic E-state index is 0.372. The summed E-state index contributed by atoms with van der Waals surface area (Å²) in [6.07, 6.45) is 4.94. The Balaban J connectivity index is 1.81. The number of benzene rings is 1. The van der Waals surface area contributed by atoms with Gasteiger partial charge in [0.1, 0.15) is 0 Å². The van der Waals surface area contributed by atoms with E-state index in [4.69, 9.17) is 27.7 Å². The molecule has 0 bridgehead atoms. The molecule has 3 rings (SSSR count). The first-order valence-corrected chi connectivity index (χ1v) is 7.13. The second-order valence-corrected chi connectivity index (χ2v) is 5.48. The number of anilines is 1. The van der Waals surface area contributed by atoms with Gasteiger partial charge in [0.2, 0.25) is 5.82 Å². The molecular weight excluding hydrogens is 325 g/mol. The minimum absolute atomic E-state index is 0.372. The average molecular weight is 336 g/mol. The van der Waals surface area contributed by atoms with E-state index in [1.165, 1.54) is 0 Å². The largest absolute Gasteiger partial charge is 0.324 e. The number of halogens is 2. The predicted octanol–water partition coefficient (Wildman–Crippen LogP) is 3.47. The van der Waals surface area contributed by atoms with Crippen LogP contribution >= 0.6 is 23.2 Å². The number of nitrogens with zero attached hydrogens (tertiary/aromatic N) is 5. The summed E-state index contributed by atoms with van der Waals surface area (Å²) >= 11 is 12.0. The zero-order valence-electron chi connectivity index (χ0n) is 11.6. The lowest BCUT2D eigenvalue weighted by molar-refractivity contribution is 0.418. The molecule has 112 valence electrons. The molecule has 0 saturated heterocycles. The van der Waals surface area contributed by atoms with Crippen molar-refractivity contribution in [2.45, 2.75) is 6.54 Å². The van der Waals surface area contributed by atoms with Crippen molar-refractivity contribution in [2.75, 3.05) is 11.9 Å². The Hall–Kier alpha value is -2.18. The van der Waals surface area contributed by atoms with Crippen LogP contribution < -0.4 is 4.90 Å². The van der Waals surface area contributed by atoms with Crippen LogP contribution in [-0.4, -0.2) is 27.2 Å². The topological polar surface area (TPSA) is 67.9 Å². The first-order chi connectivity index (χ1) is 10.6. The van der Waals surface area contributed by atoms with Crippen molar-refractivity contribution >= 4 is 29.2 Å². The Morgan fingerprint density at radius 1 is 1.14 bits per heavy atom. The molecule has 2 aromatic heterocycles. The molecule has 0 N–H and O–H groups in total. The summed E-state index contributed by atoms with van der Waals surface area (Å²) in [5, 5.41) is 4.98. The Bertz CT molecular complexity index is 758. The first-order valence-electron chi connectivity index (χ1n) is 6.38. The van der Waals surface area contributed by atoms with Crippen LogP contribution in [0.2, 0.25) is 10.0 Å². The molecule has 0 unspecified atom stereocenters. The van der Waals surface area contributed by atoms with E-state index in [9.17, 15) is 0 Å². The molecule has 0 saturated carbocycles. The van der Waals surface area contributed by atoms with Crippen molar-refractivity contribution in [3.05, 3.63) is 52.5 Å². The monoisotopic (exact) mass is 335 g/mol. The fourth-order valence-corrected chi connectivity index (χ4v) is 2.42. The van der Waals surface area contributed by atoms with Gasteiger partial charge in [0.25, 0.3) is 0 Å². The van der Waals surface area contributed by atoms with Gasteiger partial charge in [-0.2, -0.15) is 4.98 Å². The van der Waals surface area contributed by atoms with Crippen molar-refractivity contribution in [3.63, 3.8) is 0 Å². The normalized spacial score (nSPS) is 10.7. The highest BCUT2D eigenvalue weighted by molar-refractivity contribution is 6.35. The van der Waals surface area contributed by atoms with Gasteiger partial charge < -0.3 is 9.42 Å². The lowest BCUT2D eigenvalue weighted by Gasteiger charge is -2.11. The van der Waals surface area contributed by atoms with E-state index in [-0.39, 0.29) is 0 Å². The van der Waals surface area contributed by atoms with Gasteiger partial charge in [0, 0.05) is 35.1 Å². The molecule has 0 atom stereocenters. The van der Waals surface area contributed by atoms with Crippen molar-refractivity contribution in [2.24, 2.45) is 0 Å². The van der Waals surface area contributed by atoms with Crippen LogP contribution in [-0.2, 0) is 6.54 Å². The van der Waals surface area contributed by atoms with E-state index in [1.807, 2.05) is 7.05 Å². The second kappa shape index (κ2) is 6.29. The molecule has 6 nitrogen and oxygen atoms in total. The van der Waals surface area contributed by atoms with E-state index >= 15 is 0 Å². The predicted molar refractivity (Wildman–Crippen MR) is 83.9 cm³/mol. The van der Waals surface area contributed by atoms with Gasteiger partial charge in [-0.05, 0) is 18.2 Å². The zero-order chi connectivity index (χ0) is 15.5. The maximum Gasteiger partial charge on any atom is 0.324 e. The van der Waals surface area contributed by atoms with Crippen LogP contribution in [0.1, 0.15) is 5.69 Å². The van der Waals surface area contributed by atoms with E-state index < -0.39 is 0 Å². The zero-order valence-corrected chi connectivity index (χ0v) is 13.1. The van der Waals surface area contributed by atoms with E-state index in [0.29, 0.717) is 34.0 Å². The Labute approximate surface area is 136 Å². The van der Waals surface area contributed by atoms with Gasteiger partial charge in [-0.15, -0.1) is 0 Å². The smallest absolute Gasteiger partial charge is 0.322 e. The van der Waals surface area contributed by atoms with Crippen LogP contribution in [0.25, 0.3) is 11.4 Å². The molecule has 22 heavy (non-hydrogen) atoms. The highest BCUT2D eigenvalue weighted by atomic mass is 35.5. The van der Waals surface area contributed by atoms with Gasteiger partial charge in [0.05, 0.1) is 18.4 Å². The van der Waals surface area contributed by atoms with Crippen LogP contribution in [0.15, 0.2) is 41.3 Å². The van der Waals surface area contributed by atoms with Crippen LogP contribution in [0, 0.1) is 0 Å². The maximum absolute atomic E-state index is 5.98. The molecule has 0 fully saturated rings. The Morgan fingerprint density at radius 3 is 2.59 bits per heavy atom. The van der Waals surface area contributed by atoms with Crippen LogP contribution in [0.4, 0.5) is 6.01 Å². The summed E-state index contributed by atoms with van der Waals surface area (Å²) < 4.78 is 5.26. The standard InChI is InChI=1S/C14H11Cl2N5O/c1-21(8-12-7-17-2-3-18-12)14-19-13(20-22-14)9-4-10(15)6-11(16)5-9/h2-7H,8H2,1H3. The highest BCUT2D eigenvalue weighted by Gasteiger charge is 2.14. The van der Waals surface area contributed by atoms with Gasteiger partial charge in [0.15, 0.2) is 0 Å². The van der Waals surface area contributed by atoms with Crippen molar-refractivity contribution in [3.8, 4) is 11.4 Å². The summed E-state index contributed by atoms with van der Waals surface area (Å²) in [4.78, 5) is 14.3. The molecule has 0 aliphatic rings. The van der Waals surface area contributed by atoms with Gasteiger partial charge in [-0.25, -0.2) is 0 Å². The fourth-order valence-electron chi connectivity index (χ4n) is 1.89. The van der Waals surface area contributed by atoms with Gasteiger partial charge in [-0.3, -0.25) is 9.97 Å². The molecule has 8 heteroatoms. The molecule has 1 aromatic carbocycles. The lowest BCUT2D eigenvalue weighted by Crippen LogP contribution is -2.17. The Kier molecular flexibility index (Phi) is 4.22. The molecule has 2 heterocycles. The third-order valence-electron chi connectivity index (χ3n) is 2.88.